The molecule has 0 unspecified atom stereocenters. The van der Waals surface area contributed by atoms with Gasteiger partial charge in [0.2, 0.25) is 0 Å². The molecule has 1 amide bonds. The van der Waals surface area contributed by atoms with E-state index >= 15 is 0 Å². The van der Waals surface area contributed by atoms with Gasteiger partial charge in [-0.3, -0.25) is 0 Å². The average molecular weight is 430 g/mol. The van der Waals surface area contributed by atoms with E-state index in [1.54, 1.807) is 18.2 Å². The Balaban J connectivity index is 1.65. The van der Waals surface area contributed by atoms with Crippen LogP contribution in [0.1, 0.15) is 12.8 Å². The fraction of sp³-hybridized carbons (Fsp3) is 0.400. The van der Waals surface area contributed by atoms with Gasteiger partial charge in [0.15, 0.2) is 0 Å². The topological polar surface area (TPSA) is 56.6 Å². The number of anilines is 2. The van der Waals surface area contributed by atoms with E-state index in [0.717, 1.165) is 28.8 Å². The van der Waals surface area contributed by atoms with Crippen molar-refractivity contribution in [2.75, 3.05) is 29.4 Å². The fourth-order valence-corrected chi connectivity index (χ4v) is 5.03. The van der Waals surface area contributed by atoms with Crippen LogP contribution >= 0.6 is 0 Å². The Hall–Kier alpha value is -2.25. The summed E-state index contributed by atoms with van der Waals surface area (Å²) in [6.07, 6.45) is 4.49. The second-order valence-corrected chi connectivity index (χ2v) is 9.02. The number of hydrogen-bond acceptors (Lipinski definition) is 4. The Morgan fingerprint density at radius 2 is 2.19 bits per heavy atom. The molecule has 1 aromatic rings. The Labute approximate surface area is 165 Å². The van der Waals surface area contributed by atoms with Gasteiger partial charge >= 0.3 is 148 Å². The molecule has 2 aliphatic rings. The molecule has 2 saturated heterocycles. The summed E-state index contributed by atoms with van der Waals surface area (Å²) < 4.78 is 20.1. The summed E-state index contributed by atoms with van der Waals surface area (Å²) in [6, 6.07) is 6.98. The molecule has 0 N–H and O–H groups in total. The first-order valence-corrected chi connectivity index (χ1v) is 11.6. The van der Waals surface area contributed by atoms with Crippen molar-refractivity contribution < 1.29 is 13.9 Å². The number of nitrogens with zero attached hydrogens (tertiary/aromatic N) is 3. The van der Waals surface area contributed by atoms with E-state index in [2.05, 4.69) is 12.6 Å². The molecule has 0 bridgehead atoms. The van der Waals surface area contributed by atoms with Crippen molar-refractivity contribution in [3.05, 3.63) is 48.3 Å². The van der Waals surface area contributed by atoms with Crippen molar-refractivity contribution in [3.8, 4) is 6.07 Å². The first-order valence-electron chi connectivity index (χ1n) is 8.96. The predicted molar refractivity (Wildman–Crippen MR) is 105 cm³/mol. The van der Waals surface area contributed by atoms with E-state index < -0.39 is 6.09 Å². The number of carbonyl (C=O) groups excluding carboxylic acids is 1. The maximum atomic E-state index is 14.7. The monoisotopic (exact) mass is 430 g/mol. The fourth-order valence-electron chi connectivity index (χ4n) is 3.33. The van der Waals surface area contributed by atoms with Gasteiger partial charge in [-0.15, -0.1) is 0 Å². The Morgan fingerprint density at radius 1 is 1.41 bits per heavy atom. The van der Waals surface area contributed by atoms with Gasteiger partial charge < -0.3 is 0 Å². The standard InChI is InChI=1S/C20H22AsFN3O2/c1-2-8-21-13-17-14-25(20(26)27-17)16-3-4-19(18(22)12-16)24-10-6-15(5-9-23)7-11-24/h2-5,12,17H,1,6-8,10-11,13-14H2/t17-/m1/s1. The third-order valence-corrected chi connectivity index (χ3v) is 7.20. The van der Waals surface area contributed by atoms with E-state index in [4.69, 9.17) is 10.00 Å². The number of rotatable bonds is 6. The molecule has 1 aromatic carbocycles. The Morgan fingerprint density at radius 3 is 2.85 bits per heavy atom. The number of amides is 1. The number of hydrogen-bond donors (Lipinski definition) is 0. The zero-order valence-corrected chi connectivity index (χ0v) is 17.0. The maximum absolute atomic E-state index is 14.7. The molecule has 2 aliphatic heterocycles. The summed E-state index contributed by atoms with van der Waals surface area (Å²) >= 11 is 0.0908. The number of ether oxygens (including phenoxy) is 1. The molecule has 141 valence electrons. The minimum absolute atomic E-state index is 0.0908. The van der Waals surface area contributed by atoms with Crippen molar-refractivity contribution in [2.45, 2.75) is 29.4 Å². The molecule has 0 saturated carbocycles. The molecule has 5 nitrogen and oxygen atoms in total. The minimum atomic E-state index is -0.406. The summed E-state index contributed by atoms with van der Waals surface area (Å²) in [5.41, 5.74) is 2.18. The van der Waals surface area contributed by atoms with Crippen molar-refractivity contribution >= 4 is 33.2 Å². The molecule has 2 heterocycles. The van der Waals surface area contributed by atoms with Gasteiger partial charge in [-0.25, -0.2) is 0 Å². The molecule has 1 atom stereocenters. The number of piperidine rings is 1. The first kappa shape index (κ1) is 19.5. The zero-order valence-electron chi connectivity index (χ0n) is 15.1. The second kappa shape index (κ2) is 9.10. The van der Waals surface area contributed by atoms with E-state index in [9.17, 15) is 9.18 Å². The van der Waals surface area contributed by atoms with Crippen LogP contribution in [0.4, 0.5) is 20.6 Å². The molecular weight excluding hydrogens is 408 g/mol. The normalized spacial score (nSPS) is 20.1. The van der Waals surface area contributed by atoms with Gasteiger partial charge in [0.05, 0.1) is 6.07 Å². The Kier molecular flexibility index (Phi) is 6.58. The molecule has 1 radical (unpaired) electrons. The average Bonchev–Trinajstić information content (AvgIpc) is 3.03. The van der Waals surface area contributed by atoms with E-state index in [-0.39, 0.29) is 27.7 Å². The third kappa shape index (κ3) is 4.73. The van der Waals surface area contributed by atoms with Gasteiger partial charge in [-0.2, -0.15) is 5.26 Å². The molecular formula is C20H22AsFN3O2. The van der Waals surface area contributed by atoms with E-state index in [0.29, 0.717) is 31.0 Å². The summed E-state index contributed by atoms with van der Waals surface area (Å²) in [5, 5.41) is 10.6. The number of cyclic esters (lactones) is 1. The molecule has 27 heavy (non-hydrogen) atoms. The van der Waals surface area contributed by atoms with Crippen LogP contribution in [-0.2, 0) is 4.74 Å². The van der Waals surface area contributed by atoms with Crippen LogP contribution in [-0.4, -0.2) is 47.6 Å². The van der Waals surface area contributed by atoms with E-state index in [1.165, 1.54) is 11.0 Å². The second-order valence-electron chi connectivity index (χ2n) is 6.55. The molecule has 0 aliphatic carbocycles. The summed E-state index contributed by atoms with van der Waals surface area (Å²) in [5.74, 6) is -0.338. The number of nitriles is 1. The van der Waals surface area contributed by atoms with Gasteiger partial charge in [-0.1, -0.05) is 0 Å². The molecule has 3 rings (SSSR count). The number of allylic oxidation sites excluding steroid dienone is 2. The summed E-state index contributed by atoms with van der Waals surface area (Å²) in [7, 11) is 0. The third-order valence-electron chi connectivity index (χ3n) is 4.72. The SMILES string of the molecule is C=CC[As]C[C@@H]1CN(c2ccc(N3CCC(=CC#N)CC3)c(F)c2)C(=O)O1. The molecule has 0 aromatic heterocycles. The van der Waals surface area contributed by atoms with Gasteiger partial charge in [0.1, 0.15) is 0 Å². The van der Waals surface area contributed by atoms with Crippen LogP contribution in [0.2, 0.25) is 10.4 Å². The number of benzene rings is 1. The quantitative estimate of drug-likeness (QED) is 0.297. The van der Waals surface area contributed by atoms with Crippen LogP contribution in [0.3, 0.4) is 0 Å². The van der Waals surface area contributed by atoms with Crippen LogP contribution in [0, 0.1) is 17.1 Å². The van der Waals surface area contributed by atoms with Crippen LogP contribution in [0.25, 0.3) is 0 Å². The first-order chi connectivity index (χ1) is 13.1. The zero-order chi connectivity index (χ0) is 19.2. The number of halogens is 1. The van der Waals surface area contributed by atoms with Crippen LogP contribution in [0.15, 0.2) is 42.5 Å². The molecule has 0 spiro atoms. The van der Waals surface area contributed by atoms with Gasteiger partial charge in [-0.05, 0) is 0 Å². The van der Waals surface area contributed by atoms with Crippen molar-refractivity contribution in [1.82, 2.24) is 0 Å². The van der Waals surface area contributed by atoms with Crippen LogP contribution in [0.5, 0.6) is 0 Å². The van der Waals surface area contributed by atoms with Gasteiger partial charge in [0.25, 0.3) is 0 Å². The van der Waals surface area contributed by atoms with Crippen LogP contribution < -0.4 is 9.80 Å². The Bertz CT molecular complexity index is 780. The summed E-state index contributed by atoms with van der Waals surface area (Å²) in [4.78, 5) is 15.6. The van der Waals surface area contributed by atoms with Crippen molar-refractivity contribution in [2.24, 2.45) is 0 Å². The van der Waals surface area contributed by atoms with Crippen molar-refractivity contribution in [3.63, 3.8) is 0 Å². The van der Waals surface area contributed by atoms with E-state index in [1.807, 2.05) is 11.0 Å². The van der Waals surface area contributed by atoms with Crippen molar-refractivity contribution in [1.29, 1.82) is 5.26 Å². The molecule has 7 heteroatoms. The molecule has 2 fully saturated rings. The summed E-state index contributed by atoms with van der Waals surface area (Å²) in [6.45, 7) is 5.55. The number of carbonyl (C=O) groups is 1. The van der Waals surface area contributed by atoms with Gasteiger partial charge in [0, 0.05) is 6.08 Å². The predicted octanol–water partition coefficient (Wildman–Crippen LogP) is 3.93.